The zero-order chi connectivity index (χ0) is 27.0. The fourth-order valence-electron chi connectivity index (χ4n) is 4.66. The van der Waals surface area contributed by atoms with Gasteiger partial charge in [-0.1, -0.05) is 41.5 Å². The molecule has 2 saturated heterocycles. The third kappa shape index (κ3) is 5.31. The van der Waals surface area contributed by atoms with E-state index in [4.69, 9.17) is 27.9 Å². The van der Waals surface area contributed by atoms with Crippen LogP contribution in [-0.4, -0.2) is 82.4 Å². The van der Waals surface area contributed by atoms with Gasteiger partial charge in [0.1, 0.15) is 27.8 Å². The van der Waals surface area contributed by atoms with Gasteiger partial charge in [-0.15, -0.1) is 0 Å². The van der Waals surface area contributed by atoms with Gasteiger partial charge in [-0.05, 0) is 19.3 Å². The summed E-state index contributed by atoms with van der Waals surface area (Å²) < 4.78 is 5.38. The fraction of sp³-hybridized carbons (Fsp3) is 0.458. The summed E-state index contributed by atoms with van der Waals surface area (Å²) in [7, 11) is 0. The molecule has 11 nitrogen and oxygen atoms in total. The summed E-state index contributed by atoms with van der Waals surface area (Å²) in [5.74, 6) is -0.569. The maximum absolute atomic E-state index is 12.8. The predicted molar refractivity (Wildman–Crippen MR) is 146 cm³/mol. The number of piperidine rings is 1. The number of carbonyl (C=O) groups excluding carboxylic acids is 1. The van der Waals surface area contributed by atoms with Crippen LogP contribution < -0.4 is 15.1 Å². The molecule has 3 N–H and O–H groups in total. The molecule has 0 radical (unpaired) electrons. The minimum Gasteiger partial charge on any atom is -0.477 e. The fourth-order valence-corrected chi connectivity index (χ4v) is 6.03. The Labute approximate surface area is 233 Å². The maximum Gasteiger partial charge on any atom is 0.348 e. The van der Waals surface area contributed by atoms with Crippen LogP contribution in [0, 0.1) is 12.8 Å². The lowest BCUT2D eigenvalue weighted by Gasteiger charge is -2.37. The van der Waals surface area contributed by atoms with Crippen LogP contribution in [0.4, 0.5) is 10.9 Å². The number of aromatic nitrogens is 4. The van der Waals surface area contributed by atoms with E-state index in [1.165, 1.54) is 0 Å². The van der Waals surface area contributed by atoms with Crippen LogP contribution in [0.2, 0.25) is 10.0 Å². The van der Waals surface area contributed by atoms with Crippen LogP contribution in [0.15, 0.2) is 12.4 Å². The van der Waals surface area contributed by atoms with Crippen molar-refractivity contribution >= 4 is 57.4 Å². The van der Waals surface area contributed by atoms with Crippen LogP contribution in [0.5, 0.6) is 0 Å². The Morgan fingerprint density at radius 3 is 2.53 bits per heavy atom. The van der Waals surface area contributed by atoms with Crippen LogP contribution >= 0.6 is 34.5 Å². The quantitative estimate of drug-likeness (QED) is 0.399. The highest BCUT2D eigenvalue weighted by Crippen LogP contribution is 2.35. The molecular weight excluding hydrogens is 553 g/mol. The van der Waals surface area contributed by atoms with Gasteiger partial charge in [0.25, 0.3) is 5.91 Å². The second-order valence-electron chi connectivity index (χ2n) is 9.38. The van der Waals surface area contributed by atoms with E-state index in [0.29, 0.717) is 60.0 Å². The molecule has 0 aromatic carbocycles. The van der Waals surface area contributed by atoms with Gasteiger partial charge in [-0.25, -0.2) is 19.7 Å². The number of rotatable bonds is 6. The number of carbonyl (C=O) groups is 2. The first-order chi connectivity index (χ1) is 18.2. The lowest BCUT2D eigenvalue weighted by Crippen LogP contribution is -2.50. The number of nitrogens with one attached hydrogen (secondary N) is 2. The van der Waals surface area contributed by atoms with Crippen molar-refractivity contribution in [1.82, 2.24) is 25.3 Å². The van der Waals surface area contributed by atoms with Crippen LogP contribution in [-0.2, 0) is 4.74 Å². The molecule has 38 heavy (non-hydrogen) atoms. The maximum atomic E-state index is 12.8. The molecule has 0 spiro atoms. The van der Waals surface area contributed by atoms with E-state index >= 15 is 0 Å². The highest BCUT2D eigenvalue weighted by molar-refractivity contribution is 7.17. The molecule has 0 bridgehead atoms. The van der Waals surface area contributed by atoms with Crippen molar-refractivity contribution in [3.63, 3.8) is 0 Å². The Balaban J connectivity index is 1.29. The normalized spacial score (nSPS) is 20.0. The third-order valence-corrected chi connectivity index (χ3v) is 8.85. The summed E-state index contributed by atoms with van der Waals surface area (Å²) in [4.78, 5) is 45.7. The predicted octanol–water partition coefficient (Wildman–Crippen LogP) is 3.72. The molecule has 0 saturated carbocycles. The summed E-state index contributed by atoms with van der Waals surface area (Å²) in [5.41, 5.74) is 1.60. The number of aryl methyl sites for hydroxylation is 1. The van der Waals surface area contributed by atoms with Gasteiger partial charge >= 0.3 is 5.97 Å². The van der Waals surface area contributed by atoms with Gasteiger partial charge in [-0.3, -0.25) is 4.79 Å². The van der Waals surface area contributed by atoms with E-state index in [9.17, 15) is 14.7 Å². The summed E-state index contributed by atoms with van der Waals surface area (Å²) in [6.45, 7) is 7.71. The Hall–Kier alpha value is -2.93. The van der Waals surface area contributed by atoms with Gasteiger partial charge in [0.05, 0.1) is 35.7 Å². The van der Waals surface area contributed by atoms with E-state index in [1.54, 1.807) is 19.3 Å². The largest absolute Gasteiger partial charge is 0.477 e. The Morgan fingerprint density at radius 1 is 1.16 bits per heavy atom. The lowest BCUT2D eigenvalue weighted by molar-refractivity contribution is 0.0702. The molecule has 3 aromatic heterocycles. The molecule has 3 aromatic rings. The molecule has 5 rings (SSSR count). The number of aromatic carboxylic acids is 1. The molecule has 0 aliphatic carbocycles. The first kappa shape index (κ1) is 26.7. The number of H-pyrrole nitrogens is 1. The van der Waals surface area contributed by atoms with Crippen molar-refractivity contribution in [1.29, 1.82) is 0 Å². The zero-order valence-electron chi connectivity index (χ0n) is 20.8. The van der Waals surface area contributed by atoms with Crippen molar-refractivity contribution in [2.24, 2.45) is 5.92 Å². The first-order valence-electron chi connectivity index (χ1n) is 12.2. The lowest BCUT2D eigenvalue weighted by atomic mass is 9.94. The SMILES string of the molecule is Cc1[nH]c(C(=O)N[C@@H]2CCN(c3nc(-c4cnc(N5CCOCC5)cn4)c(C(=O)O)s3)C[C@@H]2C)c(Cl)c1Cl. The number of aromatic amines is 1. The standard InChI is InChI=1S/C24H27Cl2N7O4S/c1-12-11-33(4-3-14(12)30-22(34)20-18(26)17(25)13(2)29-20)24-31-19(21(38-24)23(35)36)15-9-28-16(10-27-15)32-5-7-37-8-6-32/h9-10,12,14,29H,3-8,11H2,1-2H3,(H,30,34)(H,35,36)/t12-,14+/m0/s1. The highest BCUT2D eigenvalue weighted by Gasteiger charge is 2.32. The Morgan fingerprint density at radius 2 is 1.92 bits per heavy atom. The van der Waals surface area contributed by atoms with Gasteiger partial charge < -0.3 is 29.9 Å². The second kappa shape index (κ2) is 11.0. The molecule has 2 atom stereocenters. The van der Waals surface area contributed by atoms with Crippen LogP contribution in [0.1, 0.15) is 39.2 Å². The van der Waals surface area contributed by atoms with Gasteiger partial charge in [0.15, 0.2) is 5.13 Å². The minimum atomic E-state index is -1.06. The van der Waals surface area contributed by atoms with Gasteiger partial charge in [-0.2, -0.15) is 0 Å². The van der Waals surface area contributed by atoms with E-state index in [1.807, 2.05) is 11.8 Å². The summed E-state index contributed by atoms with van der Waals surface area (Å²) >= 11 is 13.4. The Bertz CT molecular complexity index is 1340. The molecular formula is C24H27Cl2N7O4S. The molecule has 1 amide bonds. The summed E-state index contributed by atoms with van der Waals surface area (Å²) in [6, 6.07) is -0.0887. The summed E-state index contributed by atoms with van der Waals surface area (Å²) in [6.07, 6.45) is 3.87. The number of carboxylic acids is 1. The number of hydrogen-bond acceptors (Lipinski definition) is 9. The third-order valence-electron chi connectivity index (χ3n) is 6.80. The molecule has 2 fully saturated rings. The van der Waals surface area contributed by atoms with Crippen LogP contribution in [0.25, 0.3) is 11.4 Å². The number of hydrogen-bond donors (Lipinski definition) is 3. The molecule has 0 unspecified atom stereocenters. The van der Waals surface area contributed by atoms with E-state index in [2.05, 4.69) is 30.2 Å². The topological polar surface area (TPSA) is 137 Å². The van der Waals surface area contributed by atoms with Crippen molar-refractivity contribution in [2.45, 2.75) is 26.3 Å². The number of nitrogens with zero attached hydrogens (tertiary/aromatic N) is 5. The molecule has 5 heterocycles. The number of halogens is 2. The average molecular weight is 580 g/mol. The number of thiazole rings is 1. The molecule has 2 aliphatic heterocycles. The van der Waals surface area contributed by atoms with Crippen molar-refractivity contribution < 1.29 is 19.4 Å². The van der Waals surface area contributed by atoms with E-state index in [-0.39, 0.29) is 33.5 Å². The minimum absolute atomic E-state index is 0.0752. The average Bonchev–Trinajstić information content (AvgIpc) is 3.48. The van der Waals surface area contributed by atoms with Crippen molar-refractivity contribution in [2.75, 3.05) is 49.2 Å². The molecule has 202 valence electrons. The number of amides is 1. The van der Waals surface area contributed by atoms with Crippen molar-refractivity contribution in [3.05, 3.63) is 38.7 Å². The van der Waals surface area contributed by atoms with Crippen LogP contribution in [0.3, 0.4) is 0 Å². The van der Waals surface area contributed by atoms with Crippen molar-refractivity contribution in [3.8, 4) is 11.4 Å². The van der Waals surface area contributed by atoms with E-state index < -0.39 is 5.97 Å². The monoisotopic (exact) mass is 579 g/mol. The summed E-state index contributed by atoms with van der Waals surface area (Å²) in [5, 5.41) is 14.1. The van der Waals surface area contributed by atoms with Gasteiger partial charge in [0, 0.05) is 37.9 Å². The van der Waals surface area contributed by atoms with E-state index in [0.717, 1.165) is 30.2 Å². The highest BCUT2D eigenvalue weighted by atomic mass is 35.5. The molecule has 2 aliphatic rings. The molecule has 14 heteroatoms. The number of morpholine rings is 1. The zero-order valence-corrected chi connectivity index (χ0v) is 23.2. The smallest absolute Gasteiger partial charge is 0.348 e. The van der Waals surface area contributed by atoms with Gasteiger partial charge in [0.2, 0.25) is 0 Å². The first-order valence-corrected chi connectivity index (χ1v) is 13.8. The Kier molecular flexibility index (Phi) is 7.75. The number of carboxylic acid groups (broad SMARTS) is 1. The second-order valence-corrected chi connectivity index (χ2v) is 11.1. The number of anilines is 2. The number of ether oxygens (including phenoxy) is 1.